The second-order valence-electron chi connectivity index (χ2n) is 6.11. The Morgan fingerprint density at radius 1 is 1.23 bits per heavy atom. The zero-order valence-electron chi connectivity index (χ0n) is 13.7. The third-order valence-corrected chi connectivity index (χ3v) is 7.29. The monoisotopic (exact) mass is 392 g/mol. The highest BCUT2D eigenvalue weighted by Gasteiger charge is 2.39. The van der Waals surface area contributed by atoms with Crippen LogP contribution in [0.25, 0.3) is 0 Å². The number of nitrogens with zero attached hydrogens (tertiary/aromatic N) is 3. The molecular weight excluding hydrogens is 376 g/mol. The van der Waals surface area contributed by atoms with Gasteiger partial charge in [-0.15, -0.1) is 0 Å². The molecule has 4 heterocycles. The van der Waals surface area contributed by atoms with Crippen molar-refractivity contribution in [1.29, 1.82) is 0 Å². The maximum Gasteiger partial charge on any atom is 0.244 e. The Kier molecular flexibility index (Phi) is 4.25. The third-order valence-electron chi connectivity index (χ3n) is 4.60. The maximum atomic E-state index is 12.9. The summed E-state index contributed by atoms with van der Waals surface area (Å²) in [6.07, 6.45) is 2.83. The number of thiophene rings is 1. The molecule has 0 aromatic carbocycles. The largest absolute Gasteiger partial charge is 0.332 e. The first-order valence-corrected chi connectivity index (χ1v) is 10.4. The summed E-state index contributed by atoms with van der Waals surface area (Å²) in [6.45, 7) is 0.571. The zero-order valence-corrected chi connectivity index (χ0v) is 15.3. The summed E-state index contributed by atoms with van der Waals surface area (Å²) in [5.74, 6) is -0.696. The molecule has 1 N–H and O–H groups in total. The van der Waals surface area contributed by atoms with Crippen LogP contribution in [-0.2, 0) is 19.6 Å². The molecule has 2 amide bonds. The summed E-state index contributed by atoms with van der Waals surface area (Å²) >= 11 is 1.32. The number of hydrogen-bond acceptors (Lipinski definition) is 6. The predicted octanol–water partition coefficient (Wildman–Crippen LogP) is 1.06. The van der Waals surface area contributed by atoms with Gasteiger partial charge in [0.15, 0.2) is 0 Å². The fourth-order valence-corrected chi connectivity index (χ4v) is 5.78. The van der Waals surface area contributed by atoms with Crippen LogP contribution in [0.2, 0.25) is 0 Å². The summed E-state index contributed by atoms with van der Waals surface area (Å²) in [6, 6.07) is 2.82. The molecule has 136 valence electrons. The van der Waals surface area contributed by atoms with E-state index in [9.17, 15) is 18.0 Å². The lowest BCUT2D eigenvalue weighted by molar-refractivity contribution is -0.138. The molecule has 2 aromatic rings. The molecular formula is C16H16N4O4S2. The number of nitrogens with one attached hydrogen (secondary N) is 1. The van der Waals surface area contributed by atoms with Gasteiger partial charge in [0.05, 0.1) is 22.8 Å². The van der Waals surface area contributed by atoms with E-state index >= 15 is 0 Å². The summed E-state index contributed by atoms with van der Waals surface area (Å²) < 4.78 is 27.1. The first kappa shape index (κ1) is 17.1. The minimum absolute atomic E-state index is 0.136. The van der Waals surface area contributed by atoms with Crippen molar-refractivity contribution in [1.82, 2.24) is 14.2 Å². The number of aromatic nitrogens is 1. The van der Waals surface area contributed by atoms with Crippen LogP contribution in [0.5, 0.6) is 0 Å². The van der Waals surface area contributed by atoms with E-state index in [1.54, 1.807) is 34.0 Å². The first-order chi connectivity index (χ1) is 12.5. The van der Waals surface area contributed by atoms with E-state index in [1.807, 2.05) is 0 Å². The molecule has 0 aliphatic carbocycles. The van der Waals surface area contributed by atoms with Gasteiger partial charge in [-0.2, -0.15) is 15.6 Å². The SMILES string of the molecule is O=C1CC(=O)N2CCN(S(=O)(=O)c3ccsc3)CC2c2ccncc2N1. The van der Waals surface area contributed by atoms with Crippen LogP contribution in [-0.4, -0.2) is 54.1 Å². The number of sulfonamides is 1. The molecule has 10 heteroatoms. The van der Waals surface area contributed by atoms with E-state index in [0.717, 1.165) is 0 Å². The molecule has 4 rings (SSSR count). The summed E-state index contributed by atoms with van der Waals surface area (Å²) in [5, 5.41) is 6.01. The minimum atomic E-state index is -3.62. The fraction of sp³-hybridized carbons (Fsp3) is 0.312. The summed E-state index contributed by atoms with van der Waals surface area (Å²) in [4.78, 5) is 30.3. The van der Waals surface area contributed by atoms with Crippen LogP contribution in [0.3, 0.4) is 0 Å². The van der Waals surface area contributed by atoms with Crippen molar-refractivity contribution in [2.45, 2.75) is 17.4 Å². The number of pyridine rings is 1. The van der Waals surface area contributed by atoms with E-state index in [4.69, 9.17) is 0 Å². The van der Waals surface area contributed by atoms with E-state index < -0.39 is 22.0 Å². The topological polar surface area (TPSA) is 99.7 Å². The number of amides is 2. The number of anilines is 1. The van der Waals surface area contributed by atoms with Crippen molar-refractivity contribution in [3.05, 3.63) is 40.8 Å². The smallest absolute Gasteiger partial charge is 0.244 e. The second-order valence-corrected chi connectivity index (χ2v) is 8.83. The Bertz CT molecular complexity index is 958. The number of carbonyl (C=O) groups excluding carboxylic acids is 2. The van der Waals surface area contributed by atoms with Gasteiger partial charge in [-0.25, -0.2) is 8.42 Å². The van der Waals surface area contributed by atoms with Gasteiger partial charge in [-0.05, 0) is 17.5 Å². The van der Waals surface area contributed by atoms with Crippen LogP contribution in [0.15, 0.2) is 40.2 Å². The highest BCUT2D eigenvalue weighted by atomic mass is 32.2. The number of fused-ring (bicyclic) bond motifs is 3. The van der Waals surface area contributed by atoms with Gasteiger partial charge in [0.2, 0.25) is 21.8 Å². The van der Waals surface area contributed by atoms with E-state index in [2.05, 4.69) is 10.3 Å². The molecule has 1 saturated heterocycles. The van der Waals surface area contributed by atoms with Crippen molar-refractivity contribution in [2.24, 2.45) is 0 Å². The van der Waals surface area contributed by atoms with Crippen molar-refractivity contribution in [3.8, 4) is 0 Å². The quantitative estimate of drug-likeness (QED) is 0.771. The van der Waals surface area contributed by atoms with E-state index in [-0.39, 0.29) is 36.9 Å². The Labute approximate surface area is 154 Å². The maximum absolute atomic E-state index is 12.9. The van der Waals surface area contributed by atoms with Gasteiger partial charge in [0, 0.05) is 36.8 Å². The Balaban J connectivity index is 1.73. The van der Waals surface area contributed by atoms with Crippen molar-refractivity contribution in [2.75, 3.05) is 25.0 Å². The van der Waals surface area contributed by atoms with E-state index in [1.165, 1.54) is 21.8 Å². The highest BCUT2D eigenvalue weighted by molar-refractivity contribution is 7.89. The number of carbonyl (C=O) groups is 2. The summed E-state index contributed by atoms with van der Waals surface area (Å²) in [7, 11) is -3.62. The average molecular weight is 392 g/mol. The van der Waals surface area contributed by atoms with Crippen LogP contribution >= 0.6 is 11.3 Å². The molecule has 2 aliphatic rings. The molecule has 26 heavy (non-hydrogen) atoms. The van der Waals surface area contributed by atoms with Crippen LogP contribution in [0.4, 0.5) is 5.69 Å². The van der Waals surface area contributed by atoms with Gasteiger partial charge >= 0.3 is 0 Å². The van der Waals surface area contributed by atoms with Crippen LogP contribution in [0.1, 0.15) is 18.0 Å². The third kappa shape index (κ3) is 2.89. The number of hydrogen-bond donors (Lipinski definition) is 1. The molecule has 0 bridgehead atoms. The number of rotatable bonds is 2. The molecule has 1 atom stereocenters. The molecule has 2 aromatic heterocycles. The van der Waals surface area contributed by atoms with Gasteiger partial charge in [0.1, 0.15) is 6.42 Å². The fourth-order valence-electron chi connectivity index (χ4n) is 3.32. The van der Waals surface area contributed by atoms with Crippen molar-refractivity contribution >= 4 is 38.9 Å². The minimum Gasteiger partial charge on any atom is -0.332 e. The van der Waals surface area contributed by atoms with Gasteiger partial charge in [-0.1, -0.05) is 0 Å². The molecule has 0 spiro atoms. The lowest BCUT2D eigenvalue weighted by Crippen LogP contribution is -2.53. The Hall–Kier alpha value is -2.30. The Morgan fingerprint density at radius 3 is 2.85 bits per heavy atom. The average Bonchev–Trinajstić information content (AvgIpc) is 3.16. The van der Waals surface area contributed by atoms with Crippen molar-refractivity contribution < 1.29 is 18.0 Å². The zero-order chi connectivity index (χ0) is 18.3. The second kappa shape index (κ2) is 6.45. The van der Waals surface area contributed by atoms with Gasteiger partial charge in [0.25, 0.3) is 0 Å². The van der Waals surface area contributed by atoms with Crippen molar-refractivity contribution in [3.63, 3.8) is 0 Å². The predicted molar refractivity (Wildman–Crippen MR) is 95.0 cm³/mol. The Morgan fingerprint density at radius 2 is 2.08 bits per heavy atom. The van der Waals surface area contributed by atoms with Gasteiger partial charge in [-0.3, -0.25) is 14.6 Å². The van der Waals surface area contributed by atoms with Gasteiger partial charge < -0.3 is 10.2 Å². The van der Waals surface area contributed by atoms with E-state index in [0.29, 0.717) is 11.3 Å². The first-order valence-electron chi connectivity index (χ1n) is 8.02. The number of piperazine rings is 1. The molecule has 8 nitrogen and oxygen atoms in total. The molecule has 2 aliphatic heterocycles. The summed E-state index contributed by atoms with van der Waals surface area (Å²) in [5.41, 5.74) is 1.20. The molecule has 0 radical (unpaired) electrons. The molecule has 0 saturated carbocycles. The highest BCUT2D eigenvalue weighted by Crippen LogP contribution is 2.34. The lowest BCUT2D eigenvalue weighted by atomic mass is 10.0. The lowest BCUT2D eigenvalue weighted by Gasteiger charge is -2.42. The molecule has 1 fully saturated rings. The normalized spacial score (nSPS) is 21.4. The van der Waals surface area contributed by atoms with Crippen LogP contribution < -0.4 is 5.32 Å². The van der Waals surface area contributed by atoms with Crippen LogP contribution in [0, 0.1) is 0 Å². The molecule has 1 unspecified atom stereocenters. The standard InChI is InChI=1S/C16H16N4O4S2/c21-15-7-16(22)20-5-4-19(26(23,24)11-2-6-25-10-11)9-14(20)12-1-3-17-8-13(12)18-15/h1-3,6,8,10,14H,4-5,7,9H2,(H,18,21).